The monoisotopic (exact) mass is 407 g/mol. The van der Waals surface area contributed by atoms with E-state index in [1.165, 1.54) is 0 Å². The van der Waals surface area contributed by atoms with Crippen molar-refractivity contribution in [3.63, 3.8) is 0 Å². The van der Waals surface area contributed by atoms with Gasteiger partial charge >= 0.3 is 5.97 Å². The van der Waals surface area contributed by atoms with Crippen LogP contribution in [0.1, 0.15) is 49.9 Å². The number of rotatable bonds is 7. The molecule has 154 valence electrons. The number of sulfone groups is 1. The van der Waals surface area contributed by atoms with Gasteiger partial charge in [-0.05, 0) is 44.6 Å². The molecule has 1 fully saturated rings. The van der Waals surface area contributed by atoms with E-state index in [9.17, 15) is 13.2 Å². The van der Waals surface area contributed by atoms with Gasteiger partial charge < -0.3 is 14.6 Å². The van der Waals surface area contributed by atoms with E-state index in [0.717, 1.165) is 42.4 Å². The number of esters is 1. The minimum atomic E-state index is -2.94. The fourth-order valence-electron chi connectivity index (χ4n) is 4.09. The molecule has 0 aromatic carbocycles. The van der Waals surface area contributed by atoms with Crippen LogP contribution < -0.4 is 4.90 Å². The van der Waals surface area contributed by atoms with E-state index < -0.39 is 9.84 Å². The topological polar surface area (TPSA) is 92.4 Å². The van der Waals surface area contributed by atoms with Crippen molar-refractivity contribution in [3.8, 4) is 0 Å². The lowest BCUT2D eigenvalue weighted by molar-refractivity contribution is 0.0526. The van der Waals surface area contributed by atoms with Crippen LogP contribution in [0.2, 0.25) is 0 Å². The summed E-state index contributed by atoms with van der Waals surface area (Å²) in [6.45, 7) is 3.80. The van der Waals surface area contributed by atoms with Gasteiger partial charge in [0.15, 0.2) is 0 Å². The molecule has 0 saturated heterocycles. The molecule has 0 unspecified atom stereocenters. The molecule has 1 aliphatic carbocycles. The third-order valence-corrected chi connectivity index (χ3v) is 7.56. The molecule has 0 radical (unpaired) electrons. The van der Waals surface area contributed by atoms with Gasteiger partial charge in [-0.15, -0.1) is 0 Å². The quantitative estimate of drug-likeness (QED) is 0.709. The first-order chi connectivity index (χ1) is 13.4. The maximum atomic E-state index is 12.5. The van der Waals surface area contributed by atoms with E-state index in [1.54, 1.807) is 20.0 Å². The van der Waals surface area contributed by atoms with Gasteiger partial charge in [0.1, 0.15) is 21.0 Å². The van der Waals surface area contributed by atoms with Crippen LogP contribution in [-0.4, -0.2) is 55.6 Å². The van der Waals surface area contributed by atoms with Crippen molar-refractivity contribution < 1.29 is 17.9 Å². The minimum Gasteiger partial charge on any atom is -0.462 e. The summed E-state index contributed by atoms with van der Waals surface area (Å²) in [4.78, 5) is 22.1. The number of anilines is 1. The molecule has 1 N–H and O–H groups in total. The molecule has 0 amide bonds. The Balaban J connectivity index is 1.82. The van der Waals surface area contributed by atoms with E-state index in [2.05, 4.69) is 14.9 Å². The molecule has 1 saturated carbocycles. The Morgan fingerprint density at radius 2 is 2.00 bits per heavy atom. The SMILES string of the molecule is CCOC(=O)c1cnc2[nH]ccc2c1N(C)C1CCC(CS(=O)(=O)CC)CC1. The molecule has 2 aromatic heterocycles. The average molecular weight is 408 g/mol. The second-order valence-electron chi connectivity index (χ2n) is 7.47. The minimum absolute atomic E-state index is 0.207. The maximum absolute atomic E-state index is 12.5. The van der Waals surface area contributed by atoms with Gasteiger partial charge in [0.2, 0.25) is 0 Å². The van der Waals surface area contributed by atoms with Crippen LogP contribution in [0.15, 0.2) is 18.5 Å². The second kappa shape index (κ2) is 8.51. The molecule has 0 aliphatic heterocycles. The number of carbonyl (C=O) groups excluding carboxylic acids is 1. The molecule has 0 spiro atoms. The lowest BCUT2D eigenvalue weighted by atomic mass is 9.86. The number of hydrogen-bond donors (Lipinski definition) is 1. The van der Waals surface area contributed by atoms with Crippen LogP contribution in [0.25, 0.3) is 11.0 Å². The van der Waals surface area contributed by atoms with Gasteiger partial charge in [-0.2, -0.15) is 0 Å². The normalized spacial score (nSPS) is 20.2. The van der Waals surface area contributed by atoms with Crippen molar-refractivity contribution in [3.05, 3.63) is 24.0 Å². The number of hydrogen-bond acceptors (Lipinski definition) is 6. The average Bonchev–Trinajstić information content (AvgIpc) is 3.16. The summed E-state index contributed by atoms with van der Waals surface area (Å²) in [5, 5.41) is 0.892. The number of nitrogens with zero attached hydrogens (tertiary/aromatic N) is 2. The van der Waals surface area contributed by atoms with E-state index in [4.69, 9.17) is 4.74 Å². The Kier molecular flexibility index (Phi) is 6.27. The molecule has 1 aliphatic rings. The zero-order valence-corrected chi connectivity index (χ0v) is 17.6. The van der Waals surface area contributed by atoms with Gasteiger partial charge in [0.25, 0.3) is 0 Å². The molecule has 3 rings (SSSR count). The first-order valence-corrected chi connectivity index (χ1v) is 11.7. The Labute approximate surface area is 166 Å². The molecule has 2 heterocycles. The number of aromatic nitrogens is 2. The van der Waals surface area contributed by atoms with Gasteiger partial charge in [0, 0.05) is 36.6 Å². The Morgan fingerprint density at radius 3 is 2.64 bits per heavy atom. The molecule has 28 heavy (non-hydrogen) atoms. The fraction of sp³-hybridized carbons (Fsp3) is 0.600. The number of pyridine rings is 1. The summed E-state index contributed by atoms with van der Waals surface area (Å²) >= 11 is 0. The summed E-state index contributed by atoms with van der Waals surface area (Å²) in [6.07, 6.45) is 6.95. The summed E-state index contributed by atoms with van der Waals surface area (Å²) in [6, 6.07) is 2.17. The number of nitrogens with one attached hydrogen (secondary N) is 1. The summed E-state index contributed by atoms with van der Waals surface area (Å²) < 4.78 is 29.1. The zero-order chi connectivity index (χ0) is 20.3. The first-order valence-electron chi connectivity index (χ1n) is 9.92. The largest absolute Gasteiger partial charge is 0.462 e. The molecule has 0 bridgehead atoms. The molecular formula is C20H29N3O4S. The fourth-order valence-corrected chi connectivity index (χ4v) is 5.38. The van der Waals surface area contributed by atoms with Crippen LogP contribution in [-0.2, 0) is 14.6 Å². The van der Waals surface area contributed by atoms with Crippen molar-refractivity contribution in [1.82, 2.24) is 9.97 Å². The van der Waals surface area contributed by atoms with E-state index >= 15 is 0 Å². The smallest absolute Gasteiger partial charge is 0.341 e. The molecule has 8 heteroatoms. The Morgan fingerprint density at radius 1 is 1.29 bits per heavy atom. The van der Waals surface area contributed by atoms with E-state index in [0.29, 0.717) is 12.2 Å². The summed E-state index contributed by atoms with van der Waals surface area (Å²) in [5.74, 6) is 0.343. The Bertz CT molecular complexity index is 930. The van der Waals surface area contributed by atoms with Crippen LogP contribution >= 0.6 is 0 Å². The summed E-state index contributed by atoms with van der Waals surface area (Å²) in [7, 11) is -0.943. The third-order valence-electron chi connectivity index (χ3n) is 5.70. The number of carbonyl (C=O) groups is 1. The van der Waals surface area contributed by atoms with Crippen molar-refractivity contribution >= 4 is 32.5 Å². The number of fused-ring (bicyclic) bond motifs is 1. The first kappa shape index (κ1) is 20.6. The second-order valence-corrected chi connectivity index (χ2v) is 9.86. The lowest BCUT2D eigenvalue weighted by Crippen LogP contribution is -2.37. The highest BCUT2D eigenvalue weighted by Gasteiger charge is 2.30. The van der Waals surface area contributed by atoms with E-state index in [1.807, 2.05) is 19.3 Å². The number of H-pyrrole nitrogens is 1. The van der Waals surface area contributed by atoms with E-state index in [-0.39, 0.29) is 29.4 Å². The van der Waals surface area contributed by atoms with Crippen LogP contribution in [0, 0.1) is 5.92 Å². The van der Waals surface area contributed by atoms with Crippen molar-refractivity contribution in [2.45, 2.75) is 45.6 Å². The van der Waals surface area contributed by atoms with Crippen LogP contribution in [0.4, 0.5) is 5.69 Å². The highest BCUT2D eigenvalue weighted by molar-refractivity contribution is 7.91. The summed E-state index contributed by atoms with van der Waals surface area (Å²) in [5.41, 5.74) is 2.03. The molecule has 2 aromatic rings. The lowest BCUT2D eigenvalue weighted by Gasteiger charge is -2.36. The molecular weight excluding hydrogens is 378 g/mol. The van der Waals surface area contributed by atoms with Crippen molar-refractivity contribution in [2.24, 2.45) is 5.92 Å². The standard InChI is InChI=1S/C20H29N3O4S/c1-4-27-20(24)17-12-22-19-16(10-11-21-19)18(17)23(3)15-8-6-14(7-9-15)13-28(25,26)5-2/h10-12,14-15H,4-9,13H2,1-3H3,(H,21,22). The third kappa shape index (κ3) is 4.32. The Hall–Kier alpha value is -2.09. The van der Waals surface area contributed by atoms with Crippen LogP contribution in [0.5, 0.6) is 0 Å². The highest BCUT2D eigenvalue weighted by atomic mass is 32.2. The van der Waals surface area contributed by atoms with Gasteiger partial charge in [-0.1, -0.05) is 6.92 Å². The molecule has 0 atom stereocenters. The van der Waals surface area contributed by atoms with Crippen molar-refractivity contribution in [2.75, 3.05) is 30.1 Å². The number of ether oxygens (including phenoxy) is 1. The van der Waals surface area contributed by atoms with Gasteiger partial charge in [0.05, 0.1) is 18.0 Å². The van der Waals surface area contributed by atoms with Gasteiger partial charge in [-0.25, -0.2) is 18.2 Å². The van der Waals surface area contributed by atoms with Crippen LogP contribution in [0.3, 0.4) is 0 Å². The van der Waals surface area contributed by atoms with Gasteiger partial charge in [-0.3, -0.25) is 0 Å². The highest BCUT2D eigenvalue weighted by Crippen LogP contribution is 2.35. The molecule has 7 nitrogen and oxygen atoms in total. The predicted molar refractivity (Wildman–Crippen MR) is 111 cm³/mol. The predicted octanol–water partition coefficient (Wildman–Crippen LogP) is 3.17. The number of aromatic amines is 1. The zero-order valence-electron chi connectivity index (χ0n) is 16.8. The van der Waals surface area contributed by atoms with Crippen molar-refractivity contribution in [1.29, 1.82) is 0 Å². The maximum Gasteiger partial charge on any atom is 0.341 e.